The number of hydrogen-bond donors (Lipinski definition) is 1. The fourth-order valence-corrected chi connectivity index (χ4v) is 2.83. The summed E-state index contributed by atoms with van der Waals surface area (Å²) in [5.41, 5.74) is 3.81. The lowest BCUT2D eigenvalue weighted by Crippen LogP contribution is -2.36. The van der Waals surface area contributed by atoms with Crippen LogP contribution in [0.5, 0.6) is 0 Å². The monoisotopic (exact) mass is 353 g/mol. The molecule has 2 heterocycles. The van der Waals surface area contributed by atoms with E-state index in [1.807, 2.05) is 6.07 Å². The highest BCUT2D eigenvalue weighted by atomic mass is 15.2. The predicted octanol–water partition coefficient (Wildman–Crippen LogP) is 1.95. The summed E-state index contributed by atoms with van der Waals surface area (Å²) in [7, 11) is 8.42. The number of imidazole rings is 1. The Kier molecular flexibility index (Phi) is 5.80. The van der Waals surface area contributed by atoms with Gasteiger partial charge in [-0.05, 0) is 40.3 Å². The van der Waals surface area contributed by atoms with Crippen molar-refractivity contribution in [3.05, 3.63) is 36.8 Å². The molecule has 0 aliphatic carbocycles. The molecule has 26 heavy (non-hydrogen) atoms. The summed E-state index contributed by atoms with van der Waals surface area (Å²) in [4.78, 5) is 23.2. The largest absolute Gasteiger partial charge is 0.368 e. The molecule has 0 unspecified atom stereocenters. The van der Waals surface area contributed by atoms with Gasteiger partial charge in [-0.2, -0.15) is 0 Å². The number of aromatic nitrogens is 4. The molecule has 0 saturated heterocycles. The van der Waals surface area contributed by atoms with Crippen molar-refractivity contribution in [3.63, 3.8) is 0 Å². The number of anilines is 1. The lowest BCUT2D eigenvalue weighted by Gasteiger charge is -2.29. The van der Waals surface area contributed by atoms with Crippen LogP contribution in [0.3, 0.4) is 0 Å². The number of fused-ring (bicyclic) bond motifs is 1. The summed E-state index contributed by atoms with van der Waals surface area (Å²) < 4.78 is 0. The topological polar surface area (TPSA) is 64.2 Å². The normalized spacial score (nSPS) is 11.6. The van der Waals surface area contributed by atoms with E-state index in [1.165, 1.54) is 12.0 Å². The molecule has 0 bridgehead atoms. The third-order valence-corrected chi connectivity index (χ3v) is 4.30. The van der Waals surface area contributed by atoms with Crippen LogP contribution in [-0.2, 0) is 0 Å². The van der Waals surface area contributed by atoms with Gasteiger partial charge >= 0.3 is 0 Å². The summed E-state index contributed by atoms with van der Waals surface area (Å²) in [6.07, 6.45) is 3.29. The number of para-hydroxylation sites is 1. The third-order valence-electron chi connectivity index (χ3n) is 4.30. The van der Waals surface area contributed by atoms with Gasteiger partial charge in [-0.25, -0.2) is 15.0 Å². The van der Waals surface area contributed by atoms with Crippen molar-refractivity contribution < 1.29 is 0 Å². The average Bonchev–Trinajstić information content (AvgIpc) is 3.05. The van der Waals surface area contributed by atoms with Gasteiger partial charge in [0.15, 0.2) is 5.65 Å². The van der Waals surface area contributed by atoms with E-state index in [1.54, 1.807) is 6.20 Å². The van der Waals surface area contributed by atoms with E-state index in [2.05, 4.69) is 81.0 Å². The SMILES string of the molecule is CN(C)CCN(CCN(C)C)c1ccccc1-c1nc2ncncc2[nH]1. The second kappa shape index (κ2) is 8.25. The number of hydrogen-bond acceptors (Lipinski definition) is 6. The Morgan fingerprint density at radius 2 is 1.62 bits per heavy atom. The molecule has 138 valence electrons. The van der Waals surface area contributed by atoms with Crippen molar-refractivity contribution in [1.82, 2.24) is 29.7 Å². The van der Waals surface area contributed by atoms with Crippen molar-refractivity contribution in [2.45, 2.75) is 0 Å². The Hall–Kier alpha value is -2.51. The number of benzene rings is 1. The first kappa shape index (κ1) is 18.3. The van der Waals surface area contributed by atoms with Crippen molar-refractivity contribution >= 4 is 16.9 Å². The van der Waals surface area contributed by atoms with E-state index < -0.39 is 0 Å². The quantitative estimate of drug-likeness (QED) is 0.668. The van der Waals surface area contributed by atoms with Gasteiger partial charge in [0.25, 0.3) is 0 Å². The summed E-state index contributed by atoms with van der Waals surface area (Å²) in [5, 5.41) is 0. The number of nitrogens with one attached hydrogen (secondary N) is 1. The Labute approximate surface area is 154 Å². The maximum atomic E-state index is 4.66. The molecule has 1 N–H and O–H groups in total. The smallest absolute Gasteiger partial charge is 0.181 e. The molecule has 3 rings (SSSR count). The van der Waals surface area contributed by atoms with Crippen LogP contribution in [0, 0.1) is 0 Å². The van der Waals surface area contributed by atoms with Crippen molar-refractivity contribution in [1.29, 1.82) is 0 Å². The fraction of sp³-hybridized carbons (Fsp3) is 0.421. The molecule has 7 nitrogen and oxygen atoms in total. The summed E-state index contributed by atoms with van der Waals surface area (Å²) in [6, 6.07) is 8.41. The zero-order valence-corrected chi connectivity index (χ0v) is 16.0. The predicted molar refractivity (Wildman–Crippen MR) is 106 cm³/mol. The highest BCUT2D eigenvalue weighted by molar-refractivity contribution is 5.80. The van der Waals surface area contributed by atoms with E-state index in [4.69, 9.17) is 0 Å². The van der Waals surface area contributed by atoms with Gasteiger partial charge in [0.1, 0.15) is 17.7 Å². The van der Waals surface area contributed by atoms with Gasteiger partial charge in [-0.1, -0.05) is 12.1 Å². The molecular weight excluding hydrogens is 326 g/mol. The summed E-state index contributed by atoms with van der Waals surface area (Å²) in [6.45, 7) is 3.90. The molecule has 0 aliphatic rings. The number of likely N-dealkylation sites (N-methyl/N-ethyl adjacent to an activating group) is 2. The first-order valence-electron chi connectivity index (χ1n) is 8.84. The van der Waals surface area contributed by atoms with Crippen LogP contribution >= 0.6 is 0 Å². The van der Waals surface area contributed by atoms with Gasteiger partial charge in [-0.3, -0.25) is 0 Å². The first-order chi connectivity index (χ1) is 12.5. The molecule has 0 fully saturated rings. The average molecular weight is 353 g/mol. The lowest BCUT2D eigenvalue weighted by atomic mass is 10.1. The molecule has 0 spiro atoms. The zero-order valence-electron chi connectivity index (χ0n) is 16.0. The number of H-pyrrole nitrogens is 1. The Balaban J connectivity index is 1.96. The Bertz CT molecular complexity index is 796. The van der Waals surface area contributed by atoms with Crippen LogP contribution in [0.25, 0.3) is 22.6 Å². The van der Waals surface area contributed by atoms with Crippen LogP contribution in [0.2, 0.25) is 0 Å². The number of aromatic amines is 1. The minimum absolute atomic E-state index is 0.693. The standard InChI is InChI=1S/C19H27N7/c1-24(2)9-11-26(12-10-25(3)4)17-8-6-5-7-15(17)18-22-16-13-20-14-21-19(16)23-18/h5-8,13-14H,9-12H2,1-4H3,(H,20,21,22,23). The molecule has 3 aromatic rings. The van der Waals surface area contributed by atoms with Crippen molar-refractivity contribution in [3.8, 4) is 11.4 Å². The second-order valence-corrected chi connectivity index (χ2v) is 6.96. The van der Waals surface area contributed by atoms with Gasteiger partial charge in [0, 0.05) is 37.4 Å². The highest BCUT2D eigenvalue weighted by Gasteiger charge is 2.16. The molecular formula is C19H27N7. The van der Waals surface area contributed by atoms with Crippen LogP contribution in [0.4, 0.5) is 5.69 Å². The van der Waals surface area contributed by atoms with E-state index in [-0.39, 0.29) is 0 Å². The highest BCUT2D eigenvalue weighted by Crippen LogP contribution is 2.29. The van der Waals surface area contributed by atoms with Gasteiger partial charge in [-0.15, -0.1) is 0 Å². The maximum absolute atomic E-state index is 4.66. The third kappa shape index (κ3) is 4.36. The minimum atomic E-state index is 0.693. The van der Waals surface area contributed by atoms with E-state index in [0.717, 1.165) is 43.1 Å². The second-order valence-electron chi connectivity index (χ2n) is 6.96. The van der Waals surface area contributed by atoms with E-state index in [9.17, 15) is 0 Å². The molecule has 0 saturated carbocycles. The Morgan fingerprint density at radius 3 is 2.27 bits per heavy atom. The van der Waals surface area contributed by atoms with Crippen LogP contribution in [0.1, 0.15) is 0 Å². The lowest BCUT2D eigenvalue weighted by molar-refractivity contribution is 0.391. The molecule has 0 aliphatic heterocycles. The van der Waals surface area contributed by atoms with E-state index >= 15 is 0 Å². The van der Waals surface area contributed by atoms with Crippen molar-refractivity contribution in [2.75, 3.05) is 59.3 Å². The van der Waals surface area contributed by atoms with Crippen LogP contribution < -0.4 is 4.90 Å². The molecule has 7 heteroatoms. The van der Waals surface area contributed by atoms with Gasteiger partial charge in [0.05, 0.1) is 6.20 Å². The first-order valence-corrected chi connectivity index (χ1v) is 8.84. The van der Waals surface area contributed by atoms with Gasteiger partial charge in [0.2, 0.25) is 0 Å². The fourth-order valence-electron chi connectivity index (χ4n) is 2.83. The van der Waals surface area contributed by atoms with Crippen LogP contribution in [-0.4, -0.2) is 84.1 Å². The van der Waals surface area contributed by atoms with E-state index in [0.29, 0.717) is 5.65 Å². The number of rotatable bonds is 8. The van der Waals surface area contributed by atoms with Crippen LogP contribution in [0.15, 0.2) is 36.8 Å². The Morgan fingerprint density at radius 1 is 0.923 bits per heavy atom. The van der Waals surface area contributed by atoms with Crippen molar-refractivity contribution in [2.24, 2.45) is 0 Å². The molecule has 0 amide bonds. The van der Waals surface area contributed by atoms with Gasteiger partial charge < -0.3 is 19.7 Å². The molecule has 2 aromatic heterocycles. The summed E-state index contributed by atoms with van der Waals surface area (Å²) in [5.74, 6) is 0.829. The zero-order chi connectivity index (χ0) is 18.5. The minimum Gasteiger partial charge on any atom is -0.368 e. The molecule has 1 aromatic carbocycles. The maximum Gasteiger partial charge on any atom is 0.181 e. The molecule has 0 atom stereocenters. The summed E-state index contributed by atoms with van der Waals surface area (Å²) >= 11 is 0. The molecule has 0 radical (unpaired) electrons. The number of nitrogens with zero attached hydrogens (tertiary/aromatic N) is 6.